The summed E-state index contributed by atoms with van der Waals surface area (Å²) in [6, 6.07) is 3.11. The number of halogens is 1. The summed E-state index contributed by atoms with van der Waals surface area (Å²) in [4.78, 5) is 9.61. The Hall–Kier alpha value is -1.74. The summed E-state index contributed by atoms with van der Waals surface area (Å²) in [7, 11) is -3.66. The molecule has 0 radical (unpaired) electrons. The third-order valence-electron chi connectivity index (χ3n) is 2.34. The van der Waals surface area contributed by atoms with Gasteiger partial charge in [-0.1, -0.05) is 13.8 Å². The highest BCUT2D eigenvalue weighted by atomic mass is 32.2. The van der Waals surface area contributed by atoms with Crippen molar-refractivity contribution in [2.45, 2.75) is 13.8 Å². The Morgan fingerprint density at radius 3 is 2.50 bits per heavy atom. The van der Waals surface area contributed by atoms with E-state index in [1.807, 2.05) is 0 Å². The van der Waals surface area contributed by atoms with Crippen molar-refractivity contribution in [2.24, 2.45) is 10.6 Å². The van der Waals surface area contributed by atoms with Gasteiger partial charge in [-0.05, 0) is 6.07 Å². The highest BCUT2D eigenvalue weighted by Crippen LogP contribution is 2.24. The SMILES string of the molecule is CC(C)(COc1ccc([N+](=O)[O-])c(F)c1)CS(N)(=O)=O. The Kier molecular flexibility index (Phi) is 4.66. The first kappa shape index (κ1) is 16.3. The topological polar surface area (TPSA) is 113 Å². The van der Waals surface area contributed by atoms with Crippen molar-refractivity contribution in [1.29, 1.82) is 0 Å². The summed E-state index contributed by atoms with van der Waals surface area (Å²) in [6.07, 6.45) is 0. The Bertz CT molecular complexity index is 615. The van der Waals surface area contributed by atoms with Gasteiger partial charge in [0.05, 0.1) is 17.3 Å². The second-order valence-corrected chi connectivity index (χ2v) is 6.74. The van der Waals surface area contributed by atoms with Gasteiger partial charge in [0.25, 0.3) is 0 Å². The molecule has 1 aromatic carbocycles. The molecule has 0 fully saturated rings. The lowest BCUT2D eigenvalue weighted by molar-refractivity contribution is -0.387. The van der Waals surface area contributed by atoms with Gasteiger partial charge in [0.15, 0.2) is 0 Å². The molecule has 1 rings (SSSR count). The molecular formula is C11H15FN2O5S. The van der Waals surface area contributed by atoms with Gasteiger partial charge in [0.1, 0.15) is 5.75 Å². The average Bonchev–Trinajstić information content (AvgIpc) is 2.22. The predicted molar refractivity (Wildman–Crippen MR) is 70.3 cm³/mol. The maximum Gasteiger partial charge on any atom is 0.305 e. The third kappa shape index (κ3) is 5.10. The largest absolute Gasteiger partial charge is 0.493 e. The summed E-state index contributed by atoms with van der Waals surface area (Å²) < 4.78 is 40.6. The van der Waals surface area contributed by atoms with E-state index in [9.17, 15) is 22.9 Å². The lowest BCUT2D eigenvalue weighted by atomic mass is 9.98. The van der Waals surface area contributed by atoms with Crippen molar-refractivity contribution in [1.82, 2.24) is 0 Å². The molecule has 9 heteroatoms. The Labute approximate surface area is 115 Å². The quantitative estimate of drug-likeness (QED) is 0.631. The zero-order valence-corrected chi connectivity index (χ0v) is 11.8. The first-order valence-corrected chi connectivity index (χ1v) is 7.29. The molecule has 7 nitrogen and oxygen atoms in total. The summed E-state index contributed by atoms with van der Waals surface area (Å²) in [5.41, 5.74) is -1.42. The molecule has 0 aliphatic rings. The first-order valence-electron chi connectivity index (χ1n) is 5.57. The van der Waals surface area contributed by atoms with Crippen molar-refractivity contribution in [3.63, 3.8) is 0 Å². The fraction of sp³-hybridized carbons (Fsp3) is 0.455. The molecule has 0 aromatic heterocycles. The van der Waals surface area contributed by atoms with E-state index < -0.39 is 31.9 Å². The normalized spacial score (nSPS) is 12.2. The van der Waals surface area contributed by atoms with Crippen molar-refractivity contribution < 1.29 is 22.5 Å². The summed E-state index contributed by atoms with van der Waals surface area (Å²) >= 11 is 0. The van der Waals surface area contributed by atoms with Gasteiger partial charge < -0.3 is 4.74 Å². The number of hydrogen-bond acceptors (Lipinski definition) is 5. The smallest absolute Gasteiger partial charge is 0.305 e. The van der Waals surface area contributed by atoms with Crippen LogP contribution in [0.25, 0.3) is 0 Å². The van der Waals surface area contributed by atoms with Crippen LogP contribution in [0.3, 0.4) is 0 Å². The number of rotatable bonds is 6. The lowest BCUT2D eigenvalue weighted by Crippen LogP contribution is -2.33. The molecule has 0 bridgehead atoms. The second kappa shape index (κ2) is 5.71. The van der Waals surface area contributed by atoms with Crippen LogP contribution < -0.4 is 9.88 Å². The van der Waals surface area contributed by atoms with Gasteiger partial charge in [-0.2, -0.15) is 4.39 Å². The molecule has 0 aliphatic carbocycles. The lowest BCUT2D eigenvalue weighted by Gasteiger charge is -2.23. The summed E-state index contributed by atoms with van der Waals surface area (Å²) in [5.74, 6) is -1.23. The van der Waals surface area contributed by atoms with Gasteiger partial charge in [0.2, 0.25) is 15.8 Å². The van der Waals surface area contributed by atoms with Crippen LogP contribution in [-0.2, 0) is 10.0 Å². The van der Waals surface area contributed by atoms with E-state index in [2.05, 4.69) is 0 Å². The standard InChI is InChI=1S/C11H15FN2O5S/c1-11(2,7-20(13,17)18)6-19-8-3-4-10(14(15)16)9(12)5-8/h3-5H,6-7H2,1-2H3,(H2,13,17,18). The Morgan fingerprint density at radius 1 is 1.45 bits per heavy atom. The minimum absolute atomic E-state index is 0.0271. The maximum atomic E-state index is 13.4. The van der Waals surface area contributed by atoms with Crippen LogP contribution in [0.4, 0.5) is 10.1 Å². The van der Waals surface area contributed by atoms with E-state index in [1.165, 1.54) is 6.07 Å². The third-order valence-corrected chi connectivity index (χ3v) is 3.52. The van der Waals surface area contributed by atoms with Gasteiger partial charge in [-0.15, -0.1) is 0 Å². The number of sulfonamides is 1. The highest BCUT2D eigenvalue weighted by molar-refractivity contribution is 7.89. The van der Waals surface area contributed by atoms with Crippen molar-refractivity contribution >= 4 is 15.7 Å². The van der Waals surface area contributed by atoms with E-state index in [0.717, 1.165) is 12.1 Å². The van der Waals surface area contributed by atoms with Crippen molar-refractivity contribution in [3.05, 3.63) is 34.1 Å². The van der Waals surface area contributed by atoms with Gasteiger partial charge in [-0.3, -0.25) is 10.1 Å². The molecule has 0 unspecified atom stereocenters. The number of nitro groups is 1. The molecule has 112 valence electrons. The fourth-order valence-electron chi connectivity index (χ4n) is 1.59. The number of nitro benzene ring substituents is 1. The van der Waals surface area contributed by atoms with E-state index in [1.54, 1.807) is 13.8 Å². The predicted octanol–water partition coefficient (Wildman–Crippen LogP) is 1.43. The van der Waals surface area contributed by atoms with Gasteiger partial charge in [0, 0.05) is 17.5 Å². The summed E-state index contributed by atoms with van der Waals surface area (Å²) in [6.45, 7) is 3.22. The molecule has 0 heterocycles. The molecule has 0 aliphatic heterocycles. The zero-order valence-electron chi connectivity index (χ0n) is 11.0. The van der Waals surface area contributed by atoms with Crippen molar-refractivity contribution in [2.75, 3.05) is 12.4 Å². The summed E-state index contributed by atoms with van der Waals surface area (Å²) in [5, 5.41) is 15.4. The van der Waals surface area contributed by atoms with Gasteiger partial charge in [-0.25, -0.2) is 13.6 Å². The Balaban J connectivity index is 2.76. The zero-order chi connectivity index (χ0) is 15.6. The molecule has 0 saturated heterocycles. The molecule has 0 spiro atoms. The molecular weight excluding hydrogens is 291 g/mol. The highest BCUT2D eigenvalue weighted by Gasteiger charge is 2.25. The maximum absolute atomic E-state index is 13.4. The minimum Gasteiger partial charge on any atom is -0.493 e. The fourth-order valence-corrected chi connectivity index (χ4v) is 2.76. The first-order chi connectivity index (χ1) is 9.00. The van der Waals surface area contributed by atoms with Crippen LogP contribution in [0.1, 0.15) is 13.8 Å². The Morgan fingerprint density at radius 2 is 2.05 bits per heavy atom. The number of ether oxygens (including phenoxy) is 1. The molecule has 0 atom stereocenters. The average molecular weight is 306 g/mol. The van der Waals surface area contributed by atoms with E-state index in [4.69, 9.17) is 9.88 Å². The van der Waals surface area contributed by atoms with E-state index in [-0.39, 0.29) is 18.1 Å². The molecule has 0 saturated carbocycles. The van der Waals surface area contributed by atoms with Crippen LogP contribution in [0.2, 0.25) is 0 Å². The van der Waals surface area contributed by atoms with Gasteiger partial charge >= 0.3 is 5.69 Å². The van der Waals surface area contributed by atoms with Crippen LogP contribution in [0.5, 0.6) is 5.75 Å². The van der Waals surface area contributed by atoms with E-state index in [0.29, 0.717) is 0 Å². The van der Waals surface area contributed by atoms with Crippen LogP contribution in [0, 0.1) is 21.3 Å². The van der Waals surface area contributed by atoms with Crippen molar-refractivity contribution in [3.8, 4) is 5.75 Å². The number of nitrogens with zero attached hydrogens (tertiary/aromatic N) is 1. The second-order valence-electron chi connectivity index (χ2n) is 5.13. The van der Waals surface area contributed by atoms with Crippen LogP contribution in [-0.4, -0.2) is 25.7 Å². The molecule has 0 amide bonds. The molecule has 20 heavy (non-hydrogen) atoms. The minimum atomic E-state index is -3.66. The molecule has 1 aromatic rings. The number of benzene rings is 1. The van der Waals surface area contributed by atoms with E-state index >= 15 is 0 Å². The number of nitrogens with two attached hydrogens (primary N) is 1. The molecule has 2 N–H and O–H groups in total. The number of hydrogen-bond donors (Lipinski definition) is 1. The van der Waals surface area contributed by atoms with Crippen LogP contribution >= 0.6 is 0 Å². The number of primary sulfonamides is 1. The monoisotopic (exact) mass is 306 g/mol. The van der Waals surface area contributed by atoms with Crippen LogP contribution in [0.15, 0.2) is 18.2 Å².